The summed E-state index contributed by atoms with van der Waals surface area (Å²) >= 11 is 1.69. The van der Waals surface area contributed by atoms with Crippen LogP contribution in [0.25, 0.3) is 0 Å². The second-order valence-electron chi connectivity index (χ2n) is 4.70. The minimum atomic E-state index is -0.243. The Kier molecular flexibility index (Phi) is 4.57. The second kappa shape index (κ2) is 6.17. The van der Waals surface area contributed by atoms with E-state index in [9.17, 15) is 4.79 Å². The molecular weight excluding hydrogens is 248 g/mol. The van der Waals surface area contributed by atoms with Gasteiger partial charge in [0.2, 0.25) is 5.91 Å². The normalized spacial score (nSPS) is 18.0. The van der Waals surface area contributed by atoms with Crippen molar-refractivity contribution in [3.8, 4) is 0 Å². The van der Waals surface area contributed by atoms with E-state index < -0.39 is 0 Å². The highest BCUT2D eigenvalue weighted by molar-refractivity contribution is 7.10. The number of primary amides is 1. The molecule has 2 heterocycles. The highest BCUT2D eigenvalue weighted by Crippen LogP contribution is 2.19. The van der Waals surface area contributed by atoms with Crippen LogP contribution in [0.5, 0.6) is 0 Å². The minimum absolute atomic E-state index is 0.243. The lowest BCUT2D eigenvalue weighted by Gasteiger charge is -2.31. The summed E-state index contributed by atoms with van der Waals surface area (Å²) in [5, 5.41) is 5.54. The van der Waals surface area contributed by atoms with Gasteiger partial charge in [0.1, 0.15) is 0 Å². The lowest BCUT2D eigenvalue weighted by atomic mass is 10.1. The van der Waals surface area contributed by atoms with Crippen LogP contribution >= 0.6 is 11.3 Å². The Morgan fingerprint density at radius 2 is 2.22 bits per heavy atom. The summed E-state index contributed by atoms with van der Waals surface area (Å²) in [6.07, 6.45) is 2.11. The van der Waals surface area contributed by atoms with Gasteiger partial charge in [0.05, 0.1) is 6.54 Å². The number of piperidine rings is 1. The maximum atomic E-state index is 10.8. The van der Waals surface area contributed by atoms with Crippen molar-refractivity contribution in [1.29, 1.82) is 0 Å². The SMILES string of the molecule is NC(=O)CN1CCC(NCc2sccc2N)CC1. The van der Waals surface area contributed by atoms with Gasteiger partial charge in [0.25, 0.3) is 0 Å². The van der Waals surface area contributed by atoms with E-state index in [2.05, 4.69) is 10.2 Å². The molecule has 2 rings (SSSR count). The molecule has 0 unspecified atom stereocenters. The maximum Gasteiger partial charge on any atom is 0.231 e. The first-order chi connectivity index (χ1) is 8.65. The highest BCUT2D eigenvalue weighted by atomic mass is 32.1. The van der Waals surface area contributed by atoms with Crippen LogP contribution in [0.15, 0.2) is 11.4 Å². The van der Waals surface area contributed by atoms with Crippen molar-refractivity contribution in [2.24, 2.45) is 5.73 Å². The van der Waals surface area contributed by atoms with Crippen LogP contribution in [-0.4, -0.2) is 36.5 Å². The van der Waals surface area contributed by atoms with E-state index in [1.165, 1.54) is 4.88 Å². The number of anilines is 1. The molecule has 1 saturated heterocycles. The summed E-state index contributed by atoms with van der Waals surface area (Å²) in [4.78, 5) is 14.1. The third-order valence-electron chi connectivity index (χ3n) is 3.30. The molecule has 1 aliphatic heterocycles. The molecule has 18 heavy (non-hydrogen) atoms. The van der Waals surface area contributed by atoms with Crippen molar-refractivity contribution >= 4 is 22.9 Å². The van der Waals surface area contributed by atoms with Crippen LogP contribution in [0.4, 0.5) is 5.69 Å². The van der Waals surface area contributed by atoms with Crippen LogP contribution in [0, 0.1) is 0 Å². The molecule has 1 aromatic heterocycles. The van der Waals surface area contributed by atoms with E-state index in [-0.39, 0.29) is 5.91 Å². The number of amides is 1. The number of nitrogens with one attached hydrogen (secondary N) is 1. The van der Waals surface area contributed by atoms with E-state index in [0.717, 1.165) is 38.2 Å². The van der Waals surface area contributed by atoms with Gasteiger partial charge in [0.15, 0.2) is 0 Å². The molecular formula is C12H20N4OS. The Balaban J connectivity index is 1.71. The second-order valence-corrected chi connectivity index (χ2v) is 5.70. The summed E-state index contributed by atoms with van der Waals surface area (Å²) in [7, 11) is 0. The molecule has 1 aliphatic rings. The lowest BCUT2D eigenvalue weighted by Crippen LogP contribution is -2.45. The number of likely N-dealkylation sites (tertiary alicyclic amines) is 1. The fourth-order valence-corrected chi connectivity index (χ4v) is 3.00. The standard InChI is InChI=1S/C12H20N4OS/c13-10-3-6-18-11(10)7-15-9-1-4-16(5-2-9)8-12(14)17/h3,6,9,15H,1-2,4-5,7-8,13H2,(H2,14,17). The van der Waals surface area contributed by atoms with Crippen molar-refractivity contribution in [1.82, 2.24) is 10.2 Å². The number of hydrogen-bond acceptors (Lipinski definition) is 5. The van der Waals surface area contributed by atoms with Crippen molar-refractivity contribution < 1.29 is 4.79 Å². The summed E-state index contributed by atoms with van der Waals surface area (Å²) in [6.45, 7) is 3.08. The topological polar surface area (TPSA) is 84.4 Å². The number of carbonyl (C=O) groups is 1. The first-order valence-corrected chi connectivity index (χ1v) is 7.09. The Bertz CT molecular complexity index is 399. The fourth-order valence-electron chi connectivity index (χ4n) is 2.25. The largest absolute Gasteiger partial charge is 0.398 e. The third kappa shape index (κ3) is 3.69. The summed E-state index contributed by atoms with van der Waals surface area (Å²) < 4.78 is 0. The van der Waals surface area contributed by atoms with Gasteiger partial charge in [-0.05, 0) is 24.3 Å². The Hall–Kier alpha value is -1.11. The van der Waals surface area contributed by atoms with Gasteiger partial charge in [-0.1, -0.05) is 0 Å². The zero-order valence-corrected chi connectivity index (χ0v) is 11.2. The van der Waals surface area contributed by atoms with E-state index in [0.29, 0.717) is 12.6 Å². The van der Waals surface area contributed by atoms with Crippen molar-refractivity contribution in [2.75, 3.05) is 25.4 Å². The van der Waals surface area contributed by atoms with Gasteiger partial charge in [-0.25, -0.2) is 0 Å². The number of nitrogens with two attached hydrogens (primary N) is 2. The minimum Gasteiger partial charge on any atom is -0.398 e. The van der Waals surface area contributed by atoms with E-state index in [1.807, 2.05) is 11.4 Å². The maximum absolute atomic E-state index is 10.8. The first-order valence-electron chi connectivity index (χ1n) is 6.21. The molecule has 6 heteroatoms. The Morgan fingerprint density at radius 3 is 2.78 bits per heavy atom. The van der Waals surface area contributed by atoms with Gasteiger partial charge >= 0.3 is 0 Å². The van der Waals surface area contributed by atoms with Gasteiger partial charge < -0.3 is 16.8 Å². The van der Waals surface area contributed by atoms with Gasteiger partial charge in [-0.15, -0.1) is 11.3 Å². The Labute approximate surface area is 111 Å². The molecule has 1 aromatic rings. The smallest absolute Gasteiger partial charge is 0.231 e. The molecule has 1 amide bonds. The predicted molar refractivity (Wildman–Crippen MR) is 74.2 cm³/mol. The van der Waals surface area contributed by atoms with Gasteiger partial charge in [0, 0.05) is 36.2 Å². The summed E-state index contributed by atoms with van der Waals surface area (Å²) in [5.74, 6) is -0.243. The molecule has 0 atom stereocenters. The third-order valence-corrected chi connectivity index (χ3v) is 4.23. The summed E-state index contributed by atoms with van der Waals surface area (Å²) in [5.41, 5.74) is 11.9. The molecule has 100 valence electrons. The number of nitrogen functional groups attached to an aromatic ring is 1. The van der Waals surface area contributed by atoms with Crippen LogP contribution in [0.1, 0.15) is 17.7 Å². The molecule has 5 N–H and O–H groups in total. The van der Waals surface area contributed by atoms with Gasteiger partial charge in [-0.2, -0.15) is 0 Å². The molecule has 0 radical (unpaired) electrons. The average Bonchev–Trinajstić information content (AvgIpc) is 2.73. The summed E-state index contributed by atoms with van der Waals surface area (Å²) in [6, 6.07) is 2.45. The monoisotopic (exact) mass is 268 g/mol. The molecule has 0 aliphatic carbocycles. The number of carbonyl (C=O) groups excluding carboxylic acids is 1. The van der Waals surface area contributed by atoms with Crippen molar-refractivity contribution in [3.05, 3.63) is 16.3 Å². The van der Waals surface area contributed by atoms with E-state index >= 15 is 0 Å². The average molecular weight is 268 g/mol. The molecule has 0 bridgehead atoms. The zero-order valence-electron chi connectivity index (χ0n) is 10.4. The number of hydrogen-bond donors (Lipinski definition) is 3. The van der Waals surface area contributed by atoms with E-state index in [1.54, 1.807) is 11.3 Å². The first kappa shape index (κ1) is 13.3. The predicted octanol–water partition coefficient (Wildman–Crippen LogP) is 0.370. The number of nitrogens with zero attached hydrogens (tertiary/aromatic N) is 1. The van der Waals surface area contributed by atoms with Crippen LogP contribution in [-0.2, 0) is 11.3 Å². The molecule has 0 aromatic carbocycles. The van der Waals surface area contributed by atoms with Gasteiger partial charge in [-0.3, -0.25) is 9.69 Å². The van der Waals surface area contributed by atoms with Crippen molar-refractivity contribution in [3.63, 3.8) is 0 Å². The highest BCUT2D eigenvalue weighted by Gasteiger charge is 2.19. The number of rotatable bonds is 5. The van der Waals surface area contributed by atoms with Crippen molar-refractivity contribution in [2.45, 2.75) is 25.4 Å². The number of thiophene rings is 1. The van der Waals surface area contributed by atoms with Crippen LogP contribution in [0.2, 0.25) is 0 Å². The van der Waals surface area contributed by atoms with E-state index in [4.69, 9.17) is 11.5 Å². The molecule has 5 nitrogen and oxygen atoms in total. The Morgan fingerprint density at radius 1 is 1.50 bits per heavy atom. The molecule has 0 saturated carbocycles. The fraction of sp³-hybridized carbons (Fsp3) is 0.583. The van der Waals surface area contributed by atoms with Crippen LogP contribution < -0.4 is 16.8 Å². The molecule has 0 spiro atoms. The quantitative estimate of drug-likeness (QED) is 0.720. The molecule has 1 fully saturated rings. The lowest BCUT2D eigenvalue weighted by molar-refractivity contribution is -0.119. The zero-order chi connectivity index (χ0) is 13.0. The van der Waals surface area contributed by atoms with Crippen LogP contribution in [0.3, 0.4) is 0 Å².